The van der Waals surface area contributed by atoms with Crippen LogP contribution in [0, 0.1) is 23.2 Å². The zero-order valence-corrected chi connectivity index (χ0v) is 18.6. The van der Waals surface area contributed by atoms with Crippen molar-refractivity contribution >= 4 is 23.2 Å². The van der Waals surface area contributed by atoms with E-state index < -0.39 is 18.1 Å². The minimum absolute atomic E-state index is 0.0506. The van der Waals surface area contributed by atoms with Gasteiger partial charge in [-0.15, -0.1) is 11.3 Å². The van der Waals surface area contributed by atoms with Crippen molar-refractivity contribution in [3.63, 3.8) is 0 Å². The lowest BCUT2D eigenvalue weighted by Gasteiger charge is -2.56. The number of rotatable bonds is 5. The number of nitrogens with zero attached hydrogens (tertiary/aromatic N) is 3. The molecule has 2 aromatic rings. The van der Waals surface area contributed by atoms with Gasteiger partial charge in [-0.25, -0.2) is 4.79 Å². The van der Waals surface area contributed by atoms with Gasteiger partial charge in [0.15, 0.2) is 6.61 Å². The van der Waals surface area contributed by atoms with Crippen molar-refractivity contribution in [2.45, 2.75) is 63.7 Å². The molecule has 5 aliphatic rings. The second-order valence-electron chi connectivity index (χ2n) is 10.2. The predicted octanol–water partition coefficient (Wildman–Crippen LogP) is 3.02. The van der Waals surface area contributed by atoms with Crippen molar-refractivity contribution < 1.29 is 24.0 Å². The van der Waals surface area contributed by atoms with Crippen LogP contribution in [0.25, 0.3) is 10.8 Å². The summed E-state index contributed by atoms with van der Waals surface area (Å²) in [5, 5.41) is 16.1. The molecule has 2 aromatic heterocycles. The molecule has 1 unspecified atom stereocenters. The first-order valence-electron chi connectivity index (χ1n) is 11.5. The number of aliphatic hydroxyl groups excluding tert-OH is 1. The van der Waals surface area contributed by atoms with Gasteiger partial charge in [0.1, 0.15) is 6.04 Å². The van der Waals surface area contributed by atoms with E-state index in [0.717, 1.165) is 24.1 Å². The maximum absolute atomic E-state index is 13.7. The lowest BCUT2D eigenvalue weighted by atomic mass is 9.49. The minimum atomic E-state index is -0.755. The molecule has 3 heterocycles. The number of aromatic nitrogens is 2. The Labute approximate surface area is 189 Å². The van der Waals surface area contributed by atoms with Crippen molar-refractivity contribution in [1.29, 1.82) is 0 Å². The number of ether oxygens (including phenoxy) is 1. The van der Waals surface area contributed by atoms with E-state index in [-0.39, 0.29) is 36.7 Å². The molecular formula is C23H27N3O5S. The molecule has 4 aliphatic carbocycles. The molecule has 4 saturated carbocycles. The fourth-order valence-corrected chi connectivity index (χ4v) is 7.63. The highest BCUT2D eigenvalue weighted by molar-refractivity contribution is 7.13. The number of hydrogen-bond donors (Lipinski definition) is 1. The average molecular weight is 458 g/mol. The second-order valence-corrected chi connectivity index (χ2v) is 11.1. The molecule has 0 aromatic carbocycles. The molecule has 1 aliphatic heterocycles. The number of amides is 1. The summed E-state index contributed by atoms with van der Waals surface area (Å²) in [5.74, 6) is 2.12. The van der Waals surface area contributed by atoms with Crippen LogP contribution in [0.4, 0.5) is 0 Å². The number of likely N-dealkylation sites (tertiary alicyclic amines) is 1. The Morgan fingerprint density at radius 1 is 1.19 bits per heavy atom. The molecule has 0 spiro atoms. The van der Waals surface area contributed by atoms with Crippen LogP contribution in [0.2, 0.25) is 0 Å². The van der Waals surface area contributed by atoms with Crippen molar-refractivity contribution in [2.75, 3.05) is 6.54 Å². The third-order valence-corrected chi connectivity index (χ3v) is 8.71. The van der Waals surface area contributed by atoms with E-state index in [1.165, 1.54) is 30.6 Å². The number of carbonyl (C=O) groups is 2. The quantitative estimate of drug-likeness (QED) is 0.688. The summed E-state index contributed by atoms with van der Waals surface area (Å²) in [7, 11) is 0. The number of carbonyl (C=O) groups excluding carboxylic acids is 2. The molecule has 1 N–H and O–H groups in total. The first-order valence-corrected chi connectivity index (χ1v) is 12.4. The number of β-amino-alcohol motifs (C(OH)–C–C–N with tert-alkyl or cyclic N) is 1. The zero-order valence-electron chi connectivity index (χ0n) is 17.8. The maximum atomic E-state index is 13.7. The Morgan fingerprint density at radius 3 is 2.56 bits per heavy atom. The highest BCUT2D eigenvalue weighted by atomic mass is 32.1. The van der Waals surface area contributed by atoms with Crippen molar-refractivity contribution in [3.8, 4) is 10.8 Å². The molecule has 0 radical (unpaired) electrons. The highest BCUT2D eigenvalue weighted by Crippen LogP contribution is 2.60. The van der Waals surface area contributed by atoms with Crippen LogP contribution >= 0.6 is 11.3 Å². The first-order chi connectivity index (χ1) is 15.5. The van der Waals surface area contributed by atoms with E-state index in [2.05, 4.69) is 10.1 Å². The summed E-state index contributed by atoms with van der Waals surface area (Å²) in [6.07, 6.45) is 6.04. The van der Waals surface area contributed by atoms with Gasteiger partial charge >= 0.3 is 5.97 Å². The Balaban J connectivity index is 1.14. The molecule has 170 valence electrons. The Morgan fingerprint density at radius 2 is 1.91 bits per heavy atom. The molecule has 32 heavy (non-hydrogen) atoms. The van der Waals surface area contributed by atoms with Gasteiger partial charge in [-0.2, -0.15) is 4.98 Å². The van der Waals surface area contributed by atoms with Crippen LogP contribution in [0.3, 0.4) is 0 Å². The maximum Gasteiger partial charge on any atom is 0.329 e. The topological polar surface area (TPSA) is 106 Å². The van der Waals surface area contributed by atoms with E-state index in [0.29, 0.717) is 23.6 Å². The number of aliphatic hydroxyl groups is 1. The van der Waals surface area contributed by atoms with Crippen LogP contribution in [0.1, 0.15) is 50.8 Å². The molecular weight excluding hydrogens is 430 g/mol. The normalized spacial score (nSPS) is 35.4. The Kier molecular flexibility index (Phi) is 4.87. The SMILES string of the molecule is O=C(OCc1noc(-c2cccs2)n1)[C@@H]1CC(O)CN1C(=O)C12CC3CC(CC(C3)C1)C2. The molecule has 1 amide bonds. The van der Waals surface area contributed by atoms with Crippen molar-refractivity contribution in [1.82, 2.24) is 15.0 Å². The summed E-state index contributed by atoms with van der Waals surface area (Å²) in [5.41, 5.74) is -0.347. The Hall–Kier alpha value is -2.26. The summed E-state index contributed by atoms with van der Waals surface area (Å²) in [6, 6.07) is 3.01. The first kappa shape index (κ1) is 20.4. The molecule has 9 heteroatoms. The minimum Gasteiger partial charge on any atom is -0.456 e. The van der Waals surface area contributed by atoms with Gasteiger partial charge in [-0.1, -0.05) is 11.2 Å². The van der Waals surface area contributed by atoms with Crippen LogP contribution < -0.4 is 0 Å². The van der Waals surface area contributed by atoms with E-state index in [1.807, 2.05) is 17.5 Å². The summed E-state index contributed by atoms with van der Waals surface area (Å²) >= 11 is 1.49. The zero-order chi connectivity index (χ0) is 21.9. The fraction of sp³-hybridized carbons (Fsp3) is 0.652. The van der Waals surface area contributed by atoms with E-state index in [1.54, 1.807) is 4.90 Å². The van der Waals surface area contributed by atoms with Gasteiger partial charge in [0.25, 0.3) is 5.89 Å². The third kappa shape index (κ3) is 3.46. The van der Waals surface area contributed by atoms with Gasteiger partial charge in [-0.3, -0.25) is 4.79 Å². The van der Waals surface area contributed by atoms with E-state index >= 15 is 0 Å². The molecule has 2 atom stereocenters. The molecule has 1 saturated heterocycles. The summed E-state index contributed by atoms with van der Waals surface area (Å²) in [4.78, 5) is 33.4. The molecule has 5 fully saturated rings. The van der Waals surface area contributed by atoms with E-state index in [4.69, 9.17) is 9.26 Å². The number of thiophene rings is 1. The van der Waals surface area contributed by atoms with Crippen LogP contribution in [-0.4, -0.2) is 50.7 Å². The molecule has 7 rings (SSSR count). The molecule has 8 nitrogen and oxygen atoms in total. The Bertz CT molecular complexity index is 983. The van der Waals surface area contributed by atoms with Crippen molar-refractivity contribution in [2.24, 2.45) is 23.2 Å². The summed E-state index contributed by atoms with van der Waals surface area (Å²) in [6.45, 7) is 0.0742. The van der Waals surface area contributed by atoms with Crippen LogP contribution in [0.5, 0.6) is 0 Å². The van der Waals surface area contributed by atoms with E-state index in [9.17, 15) is 14.7 Å². The fourth-order valence-electron chi connectivity index (χ4n) is 6.98. The van der Waals surface area contributed by atoms with Gasteiger partial charge in [0.05, 0.1) is 16.4 Å². The third-order valence-electron chi connectivity index (χ3n) is 7.85. The lowest BCUT2D eigenvalue weighted by Crippen LogP contribution is -2.56. The van der Waals surface area contributed by atoms with Crippen LogP contribution in [0.15, 0.2) is 22.0 Å². The second kappa shape index (κ2) is 7.66. The summed E-state index contributed by atoms with van der Waals surface area (Å²) < 4.78 is 10.7. The standard InChI is InChI=1S/C23H27N3O5S/c27-16-7-17(21(28)30-12-19-24-20(31-25-19)18-2-1-3-32-18)26(11-16)22(29)23-8-13-4-14(9-23)6-15(5-13)10-23/h1-3,13-17,27H,4-12H2/t13?,14?,15?,16?,17-,23?/m0/s1. The molecule has 4 bridgehead atoms. The smallest absolute Gasteiger partial charge is 0.329 e. The number of esters is 1. The number of hydrogen-bond acceptors (Lipinski definition) is 8. The lowest BCUT2D eigenvalue weighted by molar-refractivity contribution is -0.166. The van der Waals surface area contributed by atoms with Gasteiger partial charge < -0.3 is 19.3 Å². The van der Waals surface area contributed by atoms with Gasteiger partial charge in [0, 0.05) is 13.0 Å². The van der Waals surface area contributed by atoms with Gasteiger partial charge in [-0.05, 0) is 67.7 Å². The van der Waals surface area contributed by atoms with Crippen molar-refractivity contribution in [3.05, 3.63) is 23.3 Å². The van der Waals surface area contributed by atoms with Gasteiger partial charge in [0.2, 0.25) is 11.7 Å². The largest absolute Gasteiger partial charge is 0.456 e. The average Bonchev–Trinajstić information content (AvgIpc) is 3.51. The monoisotopic (exact) mass is 457 g/mol. The highest BCUT2D eigenvalue weighted by Gasteiger charge is 2.57. The predicted molar refractivity (Wildman–Crippen MR) is 114 cm³/mol. The van der Waals surface area contributed by atoms with Crippen LogP contribution in [-0.2, 0) is 20.9 Å².